The van der Waals surface area contributed by atoms with Crippen LogP contribution in [0.1, 0.15) is 26.7 Å². The molecule has 88 valence electrons. The summed E-state index contributed by atoms with van der Waals surface area (Å²) in [5.74, 6) is 0.617. The van der Waals surface area contributed by atoms with E-state index in [4.69, 9.17) is 5.11 Å². The van der Waals surface area contributed by atoms with Crippen molar-refractivity contribution in [3.63, 3.8) is 0 Å². The van der Waals surface area contributed by atoms with Crippen LogP contribution >= 0.6 is 0 Å². The molecular formula is C11H22N2O2. The minimum Gasteiger partial charge on any atom is -0.395 e. The van der Waals surface area contributed by atoms with E-state index in [0.29, 0.717) is 12.5 Å². The van der Waals surface area contributed by atoms with Gasteiger partial charge in [-0.05, 0) is 18.8 Å². The van der Waals surface area contributed by atoms with Gasteiger partial charge in [0.1, 0.15) is 0 Å². The maximum atomic E-state index is 12.0. The molecule has 4 nitrogen and oxygen atoms in total. The fourth-order valence-electron chi connectivity index (χ4n) is 2.00. The molecule has 0 radical (unpaired) electrons. The zero-order chi connectivity index (χ0) is 11.3. The lowest BCUT2D eigenvalue weighted by Crippen LogP contribution is -2.43. The molecule has 1 rings (SSSR count). The van der Waals surface area contributed by atoms with Crippen molar-refractivity contribution in [2.75, 3.05) is 32.8 Å². The Balaban J connectivity index is 2.47. The molecule has 1 fully saturated rings. The Kier molecular flexibility index (Phi) is 4.88. The number of amides is 2. The van der Waals surface area contributed by atoms with Crippen molar-refractivity contribution < 1.29 is 9.90 Å². The Morgan fingerprint density at radius 3 is 2.73 bits per heavy atom. The number of rotatable bonds is 4. The lowest BCUT2D eigenvalue weighted by Gasteiger charge is -2.27. The van der Waals surface area contributed by atoms with E-state index in [0.717, 1.165) is 32.5 Å². The highest BCUT2D eigenvalue weighted by Gasteiger charge is 2.26. The maximum Gasteiger partial charge on any atom is 0.320 e. The van der Waals surface area contributed by atoms with Gasteiger partial charge in [-0.15, -0.1) is 0 Å². The quantitative estimate of drug-likeness (QED) is 0.763. The first-order valence-corrected chi connectivity index (χ1v) is 5.83. The van der Waals surface area contributed by atoms with E-state index < -0.39 is 0 Å². The second-order valence-electron chi connectivity index (χ2n) is 4.33. The van der Waals surface area contributed by atoms with E-state index in [-0.39, 0.29) is 12.6 Å². The number of nitrogens with zero attached hydrogens (tertiary/aromatic N) is 2. The Morgan fingerprint density at radius 2 is 2.27 bits per heavy atom. The molecule has 1 saturated heterocycles. The van der Waals surface area contributed by atoms with Crippen molar-refractivity contribution in [1.82, 2.24) is 9.80 Å². The molecule has 2 amide bonds. The molecule has 0 aromatic carbocycles. The van der Waals surface area contributed by atoms with Gasteiger partial charge < -0.3 is 14.9 Å². The number of likely N-dealkylation sites (tertiary alicyclic amines) is 1. The Morgan fingerprint density at radius 1 is 1.53 bits per heavy atom. The second-order valence-corrected chi connectivity index (χ2v) is 4.33. The second kappa shape index (κ2) is 5.95. The highest BCUT2D eigenvalue weighted by molar-refractivity contribution is 5.74. The summed E-state index contributed by atoms with van der Waals surface area (Å²) in [5, 5.41) is 8.89. The molecule has 15 heavy (non-hydrogen) atoms. The minimum absolute atomic E-state index is 0.0507. The molecule has 4 heteroatoms. The van der Waals surface area contributed by atoms with E-state index in [9.17, 15) is 4.79 Å². The smallest absolute Gasteiger partial charge is 0.320 e. The lowest BCUT2D eigenvalue weighted by atomic mass is 10.2. The van der Waals surface area contributed by atoms with Gasteiger partial charge in [-0.3, -0.25) is 0 Å². The largest absolute Gasteiger partial charge is 0.395 e. The van der Waals surface area contributed by atoms with E-state index >= 15 is 0 Å². The van der Waals surface area contributed by atoms with E-state index in [2.05, 4.69) is 6.92 Å². The summed E-state index contributed by atoms with van der Waals surface area (Å²) in [6.07, 6.45) is 2.04. The molecule has 0 bridgehead atoms. The van der Waals surface area contributed by atoms with Gasteiger partial charge in [0.25, 0.3) is 0 Å². The van der Waals surface area contributed by atoms with Gasteiger partial charge in [-0.25, -0.2) is 4.79 Å². The fraction of sp³-hybridized carbons (Fsp3) is 0.909. The van der Waals surface area contributed by atoms with Crippen LogP contribution in [0.5, 0.6) is 0 Å². The molecule has 0 saturated carbocycles. The zero-order valence-corrected chi connectivity index (χ0v) is 9.78. The Bertz CT molecular complexity index is 203. The molecule has 0 spiro atoms. The summed E-state index contributed by atoms with van der Waals surface area (Å²) in [6.45, 7) is 7.20. The van der Waals surface area contributed by atoms with Gasteiger partial charge in [0.05, 0.1) is 6.61 Å². The fourth-order valence-corrected chi connectivity index (χ4v) is 2.00. The summed E-state index contributed by atoms with van der Waals surface area (Å²) in [5.41, 5.74) is 0. The maximum absolute atomic E-state index is 12.0. The van der Waals surface area contributed by atoms with Gasteiger partial charge in [0.2, 0.25) is 0 Å². The molecular weight excluding hydrogens is 192 g/mol. The Labute approximate surface area is 91.9 Å². The number of hydrogen-bond acceptors (Lipinski definition) is 2. The van der Waals surface area contributed by atoms with E-state index in [1.807, 2.05) is 11.8 Å². The number of aliphatic hydroxyl groups excluding tert-OH is 1. The van der Waals surface area contributed by atoms with Crippen molar-refractivity contribution in [1.29, 1.82) is 0 Å². The molecule has 0 aromatic heterocycles. The first-order chi connectivity index (χ1) is 7.19. The number of aliphatic hydroxyl groups is 1. The van der Waals surface area contributed by atoms with Gasteiger partial charge in [-0.2, -0.15) is 0 Å². The lowest BCUT2D eigenvalue weighted by molar-refractivity contribution is 0.147. The van der Waals surface area contributed by atoms with Crippen LogP contribution in [0, 0.1) is 5.92 Å². The molecule has 1 aliphatic heterocycles. The van der Waals surface area contributed by atoms with Crippen LogP contribution in [0.3, 0.4) is 0 Å². The van der Waals surface area contributed by atoms with Crippen LogP contribution in [0.25, 0.3) is 0 Å². The summed E-state index contributed by atoms with van der Waals surface area (Å²) < 4.78 is 0. The van der Waals surface area contributed by atoms with E-state index in [1.165, 1.54) is 0 Å². The summed E-state index contributed by atoms with van der Waals surface area (Å²) in [7, 11) is 0. The number of urea groups is 1. The third-order valence-corrected chi connectivity index (χ3v) is 2.83. The highest BCUT2D eigenvalue weighted by Crippen LogP contribution is 2.16. The molecule has 1 aliphatic rings. The average molecular weight is 214 g/mol. The average Bonchev–Trinajstić information content (AvgIpc) is 2.63. The highest BCUT2D eigenvalue weighted by atomic mass is 16.3. The van der Waals surface area contributed by atoms with Crippen molar-refractivity contribution in [2.24, 2.45) is 5.92 Å². The molecule has 1 heterocycles. The van der Waals surface area contributed by atoms with Gasteiger partial charge in [-0.1, -0.05) is 13.8 Å². The first kappa shape index (κ1) is 12.3. The molecule has 1 N–H and O–H groups in total. The monoisotopic (exact) mass is 214 g/mol. The minimum atomic E-state index is 0.0507. The predicted molar refractivity (Wildman–Crippen MR) is 59.7 cm³/mol. The number of carbonyl (C=O) groups is 1. The van der Waals surface area contributed by atoms with Crippen molar-refractivity contribution >= 4 is 6.03 Å². The molecule has 0 aliphatic carbocycles. The first-order valence-electron chi connectivity index (χ1n) is 5.83. The Hall–Kier alpha value is -0.770. The third-order valence-electron chi connectivity index (χ3n) is 2.83. The normalized spacial score (nSPS) is 20.7. The topological polar surface area (TPSA) is 43.8 Å². The van der Waals surface area contributed by atoms with Crippen LogP contribution in [-0.4, -0.2) is 53.7 Å². The number of hydrogen-bond donors (Lipinski definition) is 1. The standard InChI is InChI=1S/C11H22N2O2/c1-3-5-12(7-8-14)11(15)13-6-4-10(2)9-13/h10,14H,3-9H2,1-2H3. The predicted octanol–water partition coefficient (Wildman–Crippen LogP) is 1.15. The SMILES string of the molecule is CCCN(CCO)C(=O)N1CCC(C)C1. The van der Waals surface area contributed by atoms with Crippen LogP contribution in [0.4, 0.5) is 4.79 Å². The summed E-state index contributed by atoms with van der Waals surface area (Å²) in [4.78, 5) is 15.7. The van der Waals surface area contributed by atoms with E-state index in [1.54, 1.807) is 4.90 Å². The summed E-state index contributed by atoms with van der Waals surface area (Å²) in [6, 6.07) is 0.0928. The van der Waals surface area contributed by atoms with Gasteiger partial charge in [0, 0.05) is 26.2 Å². The van der Waals surface area contributed by atoms with Gasteiger partial charge >= 0.3 is 6.03 Å². The van der Waals surface area contributed by atoms with Crippen LogP contribution < -0.4 is 0 Å². The van der Waals surface area contributed by atoms with Crippen molar-refractivity contribution in [2.45, 2.75) is 26.7 Å². The molecule has 1 unspecified atom stereocenters. The van der Waals surface area contributed by atoms with Crippen LogP contribution in [0.2, 0.25) is 0 Å². The van der Waals surface area contributed by atoms with Gasteiger partial charge in [0.15, 0.2) is 0 Å². The third kappa shape index (κ3) is 3.38. The molecule has 1 atom stereocenters. The van der Waals surface area contributed by atoms with Crippen LogP contribution in [-0.2, 0) is 0 Å². The zero-order valence-electron chi connectivity index (χ0n) is 9.78. The number of carbonyl (C=O) groups excluding carboxylic acids is 1. The molecule has 0 aromatic rings. The van der Waals surface area contributed by atoms with Crippen LogP contribution in [0.15, 0.2) is 0 Å². The van der Waals surface area contributed by atoms with Crippen molar-refractivity contribution in [3.8, 4) is 0 Å². The van der Waals surface area contributed by atoms with Crippen molar-refractivity contribution in [3.05, 3.63) is 0 Å². The summed E-state index contributed by atoms with van der Waals surface area (Å²) >= 11 is 0.